The zero-order valence-electron chi connectivity index (χ0n) is 13.5. The van der Waals surface area contributed by atoms with Gasteiger partial charge in [-0.25, -0.2) is 0 Å². The molecule has 130 valence electrons. The summed E-state index contributed by atoms with van der Waals surface area (Å²) in [6.07, 6.45) is 0. The predicted octanol–water partition coefficient (Wildman–Crippen LogP) is 7.22. The number of hydrogen-bond acceptors (Lipinski definition) is 3. The molecule has 0 saturated carbocycles. The molecule has 0 saturated heterocycles. The Morgan fingerprint density at radius 1 is 0.692 bits per heavy atom. The van der Waals surface area contributed by atoms with Gasteiger partial charge in [0.25, 0.3) is 0 Å². The van der Waals surface area contributed by atoms with Gasteiger partial charge < -0.3 is 10.6 Å². The van der Waals surface area contributed by atoms with Crippen LogP contribution in [0, 0.1) is 0 Å². The van der Waals surface area contributed by atoms with E-state index in [1.54, 1.807) is 18.2 Å². The number of nitrogens with zero attached hydrogens (tertiary/aromatic N) is 2. The summed E-state index contributed by atoms with van der Waals surface area (Å²) in [6, 6.07) is 22.3. The molecule has 7 heteroatoms. The van der Waals surface area contributed by atoms with E-state index >= 15 is 0 Å². The number of thiocarbonyl (C=S) groups is 1. The lowest BCUT2D eigenvalue weighted by atomic mass is 10.3. The van der Waals surface area contributed by atoms with Gasteiger partial charge in [0.2, 0.25) is 0 Å². The zero-order valence-corrected chi connectivity index (χ0v) is 15.8. The normalized spacial score (nSPS) is 10.7. The van der Waals surface area contributed by atoms with Crippen LogP contribution in [-0.2, 0) is 0 Å². The standard InChI is InChI=1S/C19H14Cl2N4S/c20-17-11-10-16(12-18(17)21)23-19(26)22-13-6-8-15(9-7-13)25-24-14-4-2-1-3-5-14/h1-12H,(H2,22,23,26). The summed E-state index contributed by atoms with van der Waals surface area (Å²) in [4.78, 5) is 0. The number of nitrogens with one attached hydrogen (secondary N) is 2. The Bertz CT molecular complexity index is 928. The van der Waals surface area contributed by atoms with Gasteiger partial charge in [-0.2, -0.15) is 10.2 Å². The molecule has 0 fully saturated rings. The molecule has 0 heterocycles. The van der Waals surface area contributed by atoms with Gasteiger partial charge in [-0.05, 0) is 66.8 Å². The molecule has 0 bridgehead atoms. The van der Waals surface area contributed by atoms with E-state index in [9.17, 15) is 0 Å². The van der Waals surface area contributed by atoms with Crippen molar-refractivity contribution < 1.29 is 0 Å². The van der Waals surface area contributed by atoms with Crippen molar-refractivity contribution in [1.29, 1.82) is 0 Å². The Hall–Kier alpha value is -2.47. The molecule has 0 unspecified atom stereocenters. The maximum absolute atomic E-state index is 5.99. The van der Waals surface area contributed by atoms with Gasteiger partial charge in [-0.15, -0.1) is 0 Å². The van der Waals surface area contributed by atoms with Gasteiger partial charge in [0, 0.05) is 11.4 Å². The third kappa shape index (κ3) is 5.26. The summed E-state index contributed by atoms with van der Waals surface area (Å²) >= 11 is 17.2. The fraction of sp³-hybridized carbons (Fsp3) is 0. The van der Waals surface area contributed by atoms with Crippen LogP contribution in [0.1, 0.15) is 0 Å². The topological polar surface area (TPSA) is 48.8 Å². The molecule has 0 aromatic heterocycles. The SMILES string of the molecule is S=C(Nc1ccc(N=Nc2ccccc2)cc1)Nc1ccc(Cl)c(Cl)c1. The van der Waals surface area contributed by atoms with Crippen LogP contribution in [0.4, 0.5) is 22.7 Å². The highest BCUT2D eigenvalue weighted by atomic mass is 35.5. The lowest BCUT2D eigenvalue weighted by Crippen LogP contribution is -2.18. The van der Waals surface area contributed by atoms with Gasteiger partial charge in [-0.1, -0.05) is 41.4 Å². The first-order valence-electron chi connectivity index (χ1n) is 7.70. The average molecular weight is 401 g/mol. The Morgan fingerprint density at radius 3 is 1.92 bits per heavy atom. The molecule has 0 amide bonds. The Labute approximate surface area is 166 Å². The summed E-state index contributed by atoms with van der Waals surface area (Å²) in [6.45, 7) is 0. The van der Waals surface area contributed by atoms with Crippen molar-refractivity contribution in [3.63, 3.8) is 0 Å². The van der Waals surface area contributed by atoms with Crippen LogP contribution in [0.2, 0.25) is 10.0 Å². The highest BCUT2D eigenvalue weighted by molar-refractivity contribution is 7.80. The highest BCUT2D eigenvalue weighted by Crippen LogP contribution is 2.25. The minimum absolute atomic E-state index is 0.446. The van der Waals surface area contributed by atoms with Gasteiger partial charge in [0.15, 0.2) is 5.11 Å². The molecule has 3 aromatic rings. The maximum atomic E-state index is 5.99. The number of rotatable bonds is 4. The number of hydrogen-bond donors (Lipinski definition) is 2. The van der Waals surface area contributed by atoms with Crippen LogP contribution in [0.5, 0.6) is 0 Å². The minimum Gasteiger partial charge on any atom is -0.332 e. The molecule has 0 aliphatic carbocycles. The summed E-state index contributed by atoms with van der Waals surface area (Å²) < 4.78 is 0. The predicted molar refractivity (Wildman–Crippen MR) is 113 cm³/mol. The summed E-state index contributed by atoms with van der Waals surface area (Å²) in [7, 11) is 0. The van der Waals surface area contributed by atoms with Crippen molar-refractivity contribution in [3.8, 4) is 0 Å². The Balaban J connectivity index is 1.59. The first-order chi connectivity index (χ1) is 12.6. The van der Waals surface area contributed by atoms with Crippen LogP contribution in [0.25, 0.3) is 0 Å². The van der Waals surface area contributed by atoms with Crippen molar-refractivity contribution in [2.75, 3.05) is 10.6 Å². The highest BCUT2D eigenvalue weighted by Gasteiger charge is 2.02. The van der Waals surface area contributed by atoms with Crippen molar-refractivity contribution in [2.45, 2.75) is 0 Å². The van der Waals surface area contributed by atoms with E-state index in [1.165, 1.54) is 0 Å². The Morgan fingerprint density at radius 2 is 1.27 bits per heavy atom. The maximum Gasteiger partial charge on any atom is 0.175 e. The number of azo groups is 1. The molecule has 4 nitrogen and oxygen atoms in total. The monoisotopic (exact) mass is 400 g/mol. The smallest absolute Gasteiger partial charge is 0.175 e. The second kappa shape index (κ2) is 8.76. The molecule has 0 atom stereocenters. The number of anilines is 2. The van der Waals surface area contributed by atoms with E-state index in [0.29, 0.717) is 15.2 Å². The zero-order chi connectivity index (χ0) is 18.4. The van der Waals surface area contributed by atoms with E-state index in [1.807, 2.05) is 54.6 Å². The first kappa shape index (κ1) is 18.3. The fourth-order valence-corrected chi connectivity index (χ4v) is 2.62. The number of benzene rings is 3. The molecule has 0 spiro atoms. The van der Waals surface area contributed by atoms with Crippen molar-refractivity contribution in [3.05, 3.63) is 82.8 Å². The van der Waals surface area contributed by atoms with Crippen molar-refractivity contribution >= 4 is 63.3 Å². The van der Waals surface area contributed by atoms with Gasteiger partial charge >= 0.3 is 0 Å². The Kier molecular flexibility index (Phi) is 6.17. The molecule has 0 radical (unpaired) electrons. The third-order valence-corrected chi connectivity index (χ3v) is 4.28. The van der Waals surface area contributed by atoms with Gasteiger partial charge in [0.1, 0.15) is 0 Å². The van der Waals surface area contributed by atoms with Crippen LogP contribution < -0.4 is 10.6 Å². The summed E-state index contributed by atoms with van der Waals surface area (Å²) in [5.74, 6) is 0. The quantitative estimate of drug-likeness (QED) is 0.358. The minimum atomic E-state index is 0.446. The molecule has 26 heavy (non-hydrogen) atoms. The van der Waals surface area contributed by atoms with Crippen molar-refractivity contribution in [2.24, 2.45) is 10.2 Å². The van der Waals surface area contributed by atoms with Crippen LogP contribution >= 0.6 is 35.4 Å². The van der Waals surface area contributed by atoms with Gasteiger partial charge in [0.05, 0.1) is 21.4 Å². The molecular formula is C19H14Cl2N4S. The number of halogens is 2. The molecule has 2 N–H and O–H groups in total. The van der Waals surface area contributed by atoms with E-state index in [0.717, 1.165) is 22.7 Å². The van der Waals surface area contributed by atoms with Crippen LogP contribution in [0.3, 0.4) is 0 Å². The van der Waals surface area contributed by atoms with Crippen LogP contribution in [-0.4, -0.2) is 5.11 Å². The third-order valence-electron chi connectivity index (χ3n) is 3.34. The van der Waals surface area contributed by atoms with Gasteiger partial charge in [-0.3, -0.25) is 0 Å². The van der Waals surface area contributed by atoms with E-state index in [4.69, 9.17) is 35.4 Å². The van der Waals surface area contributed by atoms with Crippen molar-refractivity contribution in [1.82, 2.24) is 0 Å². The van der Waals surface area contributed by atoms with E-state index in [-0.39, 0.29) is 0 Å². The molecule has 0 aliphatic rings. The summed E-state index contributed by atoms with van der Waals surface area (Å²) in [5.41, 5.74) is 3.15. The molecule has 0 aliphatic heterocycles. The molecule has 3 rings (SSSR count). The first-order valence-corrected chi connectivity index (χ1v) is 8.86. The average Bonchev–Trinajstić information content (AvgIpc) is 2.65. The lowest BCUT2D eigenvalue weighted by Gasteiger charge is -2.11. The van der Waals surface area contributed by atoms with E-state index in [2.05, 4.69) is 20.9 Å². The second-order valence-electron chi connectivity index (χ2n) is 5.29. The second-order valence-corrected chi connectivity index (χ2v) is 6.51. The van der Waals surface area contributed by atoms with Crippen LogP contribution in [0.15, 0.2) is 83.0 Å². The largest absolute Gasteiger partial charge is 0.332 e. The van der Waals surface area contributed by atoms with E-state index < -0.39 is 0 Å². The fourth-order valence-electron chi connectivity index (χ4n) is 2.09. The summed E-state index contributed by atoms with van der Waals surface area (Å²) in [5, 5.41) is 15.9. The molecule has 3 aromatic carbocycles. The molecular weight excluding hydrogens is 387 g/mol. The lowest BCUT2D eigenvalue weighted by molar-refractivity contribution is 1.23.